The molecule has 2 rings (SSSR count). The summed E-state index contributed by atoms with van der Waals surface area (Å²) in [5.74, 6) is 1.37. The van der Waals surface area contributed by atoms with E-state index in [1.165, 1.54) is 11.8 Å². The number of unbranched alkanes of at least 4 members (excludes halogenated alkanes) is 1. The number of piperidine rings is 1. The fourth-order valence-electron chi connectivity index (χ4n) is 2.66. The monoisotopic (exact) mass is 325 g/mol. The van der Waals surface area contributed by atoms with Gasteiger partial charge in [0.15, 0.2) is 5.16 Å². The predicted molar refractivity (Wildman–Crippen MR) is 88.8 cm³/mol. The van der Waals surface area contributed by atoms with Crippen LogP contribution in [0.15, 0.2) is 11.4 Å². The number of aromatic nitrogens is 2. The number of amides is 1. The molecule has 1 aliphatic heterocycles. The van der Waals surface area contributed by atoms with Crippen LogP contribution in [0.2, 0.25) is 0 Å². The number of carbonyl (C=O) groups is 1. The largest absolute Gasteiger partial charge is 0.390 e. The standard InChI is InChI=1S/C16H27N3O2S/c1-3-4-7-19-14(11-20)10-17-16(19)22-12-15(21)18-8-5-13(2)6-9-18/h10,13,20H,3-9,11-12H2,1-2H3. The van der Waals surface area contributed by atoms with Crippen LogP contribution in [0.3, 0.4) is 0 Å². The number of carbonyl (C=O) groups excluding carboxylic acids is 1. The fraction of sp³-hybridized carbons (Fsp3) is 0.750. The molecule has 2 heterocycles. The third-order valence-corrected chi connectivity index (χ3v) is 5.24. The van der Waals surface area contributed by atoms with Crippen LogP contribution in [0.4, 0.5) is 0 Å². The summed E-state index contributed by atoms with van der Waals surface area (Å²) < 4.78 is 2.04. The van der Waals surface area contributed by atoms with Crippen molar-refractivity contribution in [3.8, 4) is 0 Å². The lowest BCUT2D eigenvalue weighted by molar-refractivity contribution is -0.129. The van der Waals surface area contributed by atoms with Gasteiger partial charge in [0, 0.05) is 19.6 Å². The Morgan fingerprint density at radius 2 is 2.18 bits per heavy atom. The first-order valence-corrected chi connectivity index (χ1v) is 9.20. The van der Waals surface area contributed by atoms with Crippen LogP contribution in [0, 0.1) is 5.92 Å². The Morgan fingerprint density at radius 3 is 2.82 bits per heavy atom. The molecule has 5 nitrogen and oxygen atoms in total. The molecule has 1 N–H and O–H groups in total. The van der Waals surface area contributed by atoms with E-state index in [0.717, 1.165) is 62.1 Å². The van der Waals surface area contributed by atoms with Gasteiger partial charge in [-0.05, 0) is 25.2 Å². The maximum Gasteiger partial charge on any atom is 0.233 e. The molecule has 0 bridgehead atoms. The van der Waals surface area contributed by atoms with Crippen molar-refractivity contribution in [1.82, 2.24) is 14.5 Å². The van der Waals surface area contributed by atoms with Crippen molar-refractivity contribution < 1.29 is 9.90 Å². The SMILES string of the molecule is CCCCn1c(CO)cnc1SCC(=O)N1CCC(C)CC1. The van der Waals surface area contributed by atoms with Crippen LogP contribution >= 0.6 is 11.8 Å². The number of hydrogen-bond acceptors (Lipinski definition) is 4. The summed E-state index contributed by atoms with van der Waals surface area (Å²) >= 11 is 1.49. The summed E-state index contributed by atoms with van der Waals surface area (Å²) in [4.78, 5) is 18.6. The van der Waals surface area contributed by atoms with Gasteiger partial charge in [-0.2, -0.15) is 0 Å². The third kappa shape index (κ3) is 4.49. The van der Waals surface area contributed by atoms with Crippen LogP contribution in [0.25, 0.3) is 0 Å². The second kappa shape index (κ2) is 8.58. The molecule has 1 amide bonds. The van der Waals surface area contributed by atoms with Crippen LogP contribution in [-0.4, -0.2) is 44.3 Å². The van der Waals surface area contributed by atoms with Crippen LogP contribution in [0.1, 0.15) is 45.2 Å². The minimum atomic E-state index is -0.00473. The van der Waals surface area contributed by atoms with Crippen molar-refractivity contribution in [2.45, 2.75) is 57.8 Å². The summed E-state index contributed by atoms with van der Waals surface area (Å²) in [5, 5.41) is 10.2. The summed E-state index contributed by atoms with van der Waals surface area (Å²) in [7, 11) is 0. The van der Waals surface area contributed by atoms with E-state index < -0.39 is 0 Å². The van der Waals surface area contributed by atoms with Gasteiger partial charge in [-0.1, -0.05) is 32.0 Å². The summed E-state index contributed by atoms with van der Waals surface area (Å²) in [5.41, 5.74) is 0.829. The van der Waals surface area contributed by atoms with E-state index in [1.807, 2.05) is 9.47 Å². The number of rotatable bonds is 7. The topological polar surface area (TPSA) is 58.4 Å². The predicted octanol–water partition coefficient (Wildman–Crippen LogP) is 2.53. The second-order valence-electron chi connectivity index (χ2n) is 6.05. The average molecular weight is 325 g/mol. The van der Waals surface area contributed by atoms with Crippen molar-refractivity contribution >= 4 is 17.7 Å². The van der Waals surface area contributed by atoms with Crippen LogP contribution in [0.5, 0.6) is 0 Å². The zero-order valence-electron chi connectivity index (χ0n) is 13.6. The van der Waals surface area contributed by atoms with E-state index in [2.05, 4.69) is 18.8 Å². The highest BCUT2D eigenvalue weighted by molar-refractivity contribution is 7.99. The quantitative estimate of drug-likeness (QED) is 0.783. The molecular formula is C16H27N3O2S. The van der Waals surface area contributed by atoms with E-state index in [0.29, 0.717) is 5.75 Å². The average Bonchev–Trinajstić information content (AvgIpc) is 2.93. The summed E-state index contributed by atoms with van der Waals surface area (Å²) in [6.07, 6.45) is 6.07. The second-order valence-corrected chi connectivity index (χ2v) is 6.99. The van der Waals surface area contributed by atoms with E-state index in [4.69, 9.17) is 0 Å². The first kappa shape index (κ1) is 17.3. The number of aliphatic hydroxyl groups is 1. The summed E-state index contributed by atoms with van der Waals surface area (Å²) in [6.45, 7) is 7.00. The Kier molecular flexibility index (Phi) is 6.76. The molecular weight excluding hydrogens is 298 g/mol. The number of nitrogens with zero attached hydrogens (tertiary/aromatic N) is 3. The Bertz CT molecular complexity index is 482. The van der Waals surface area contributed by atoms with Crippen molar-refractivity contribution in [2.24, 2.45) is 5.92 Å². The number of likely N-dealkylation sites (tertiary alicyclic amines) is 1. The Morgan fingerprint density at radius 1 is 1.45 bits per heavy atom. The first-order chi connectivity index (χ1) is 10.7. The number of aliphatic hydroxyl groups excluding tert-OH is 1. The molecule has 1 fully saturated rings. The minimum Gasteiger partial charge on any atom is -0.390 e. The van der Waals surface area contributed by atoms with E-state index in [1.54, 1.807) is 6.20 Å². The lowest BCUT2D eigenvalue weighted by Crippen LogP contribution is -2.38. The molecule has 1 saturated heterocycles. The van der Waals surface area contributed by atoms with E-state index in [-0.39, 0.29) is 12.5 Å². The molecule has 0 aromatic carbocycles. The molecule has 22 heavy (non-hydrogen) atoms. The van der Waals surface area contributed by atoms with Crippen molar-refractivity contribution in [2.75, 3.05) is 18.8 Å². The maximum atomic E-state index is 12.3. The van der Waals surface area contributed by atoms with Crippen LogP contribution < -0.4 is 0 Å². The molecule has 0 spiro atoms. The van der Waals surface area contributed by atoms with Crippen molar-refractivity contribution in [1.29, 1.82) is 0 Å². The molecule has 1 aliphatic rings. The van der Waals surface area contributed by atoms with Gasteiger partial charge in [0.25, 0.3) is 0 Å². The molecule has 124 valence electrons. The fourth-order valence-corrected chi connectivity index (χ4v) is 3.59. The smallest absolute Gasteiger partial charge is 0.233 e. The van der Waals surface area contributed by atoms with Gasteiger partial charge in [-0.15, -0.1) is 0 Å². The van der Waals surface area contributed by atoms with E-state index >= 15 is 0 Å². The minimum absolute atomic E-state index is 0.00473. The molecule has 1 aromatic heterocycles. The molecule has 0 radical (unpaired) electrons. The summed E-state index contributed by atoms with van der Waals surface area (Å²) in [6, 6.07) is 0. The zero-order chi connectivity index (χ0) is 15.9. The van der Waals surface area contributed by atoms with Gasteiger partial charge in [0.1, 0.15) is 0 Å². The zero-order valence-corrected chi connectivity index (χ0v) is 14.4. The third-order valence-electron chi connectivity index (χ3n) is 4.26. The lowest BCUT2D eigenvalue weighted by Gasteiger charge is -2.30. The molecule has 6 heteroatoms. The van der Waals surface area contributed by atoms with Crippen molar-refractivity contribution in [3.05, 3.63) is 11.9 Å². The highest BCUT2D eigenvalue weighted by Gasteiger charge is 2.21. The van der Waals surface area contributed by atoms with Gasteiger partial charge in [0.05, 0.1) is 24.3 Å². The number of thioether (sulfide) groups is 1. The molecule has 1 aromatic rings. The molecule has 0 unspecified atom stereocenters. The first-order valence-electron chi connectivity index (χ1n) is 8.21. The van der Waals surface area contributed by atoms with Crippen molar-refractivity contribution in [3.63, 3.8) is 0 Å². The number of hydrogen-bond donors (Lipinski definition) is 1. The highest BCUT2D eigenvalue weighted by atomic mass is 32.2. The highest BCUT2D eigenvalue weighted by Crippen LogP contribution is 2.22. The van der Waals surface area contributed by atoms with Gasteiger partial charge < -0.3 is 14.6 Å². The van der Waals surface area contributed by atoms with Crippen LogP contribution in [-0.2, 0) is 17.9 Å². The van der Waals surface area contributed by atoms with E-state index in [9.17, 15) is 9.90 Å². The maximum absolute atomic E-state index is 12.3. The van der Waals surface area contributed by atoms with Gasteiger partial charge in [0.2, 0.25) is 5.91 Å². The number of imidazole rings is 1. The Hall–Kier alpha value is -1.01. The molecule has 0 aliphatic carbocycles. The molecule has 0 saturated carbocycles. The Balaban J connectivity index is 1.90. The Labute approximate surface area is 137 Å². The van der Waals surface area contributed by atoms with Gasteiger partial charge >= 0.3 is 0 Å². The normalized spacial score (nSPS) is 16.2. The lowest BCUT2D eigenvalue weighted by atomic mass is 9.99. The van der Waals surface area contributed by atoms with Gasteiger partial charge in [-0.3, -0.25) is 4.79 Å². The van der Waals surface area contributed by atoms with Gasteiger partial charge in [-0.25, -0.2) is 4.98 Å². The molecule has 0 atom stereocenters.